The number of aromatic nitrogens is 5. The van der Waals surface area contributed by atoms with E-state index < -0.39 is 0 Å². The number of H-pyrrole nitrogens is 1. The number of aromatic amines is 1. The average Bonchev–Trinajstić information content (AvgIpc) is 3.17. The minimum Gasteiger partial charge on any atom is -0.338 e. The Labute approximate surface area is 135 Å². The van der Waals surface area contributed by atoms with E-state index in [1.54, 1.807) is 29.0 Å². The Bertz CT molecular complexity index is 869. The molecule has 1 N–H and O–H groups in total. The minimum atomic E-state index is -0.252. The molecule has 1 unspecified atom stereocenters. The van der Waals surface area contributed by atoms with Gasteiger partial charge in [-0.15, -0.1) is 11.3 Å². The number of carbonyl (C=O) groups is 1. The zero-order valence-electron chi connectivity index (χ0n) is 12.8. The quantitative estimate of drug-likeness (QED) is 0.748. The molecule has 3 heterocycles. The summed E-state index contributed by atoms with van der Waals surface area (Å²) >= 11 is 1.35. The Morgan fingerprint density at radius 1 is 1.52 bits per heavy atom. The third-order valence-corrected chi connectivity index (χ3v) is 4.38. The van der Waals surface area contributed by atoms with Crippen LogP contribution in [0, 0.1) is 5.92 Å². The number of fused-ring (bicyclic) bond motifs is 1. The lowest BCUT2D eigenvalue weighted by Crippen LogP contribution is -2.34. The predicted molar refractivity (Wildman–Crippen MR) is 85.9 cm³/mol. The van der Waals surface area contributed by atoms with E-state index in [1.165, 1.54) is 17.7 Å². The van der Waals surface area contributed by atoms with Crippen molar-refractivity contribution in [3.05, 3.63) is 40.3 Å². The summed E-state index contributed by atoms with van der Waals surface area (Å²) in [5, 5.41) is 5.82. The van der Waals surface area contributed by atoms with E-state index in [-0.39, 0.29) is 23.9 Å². The highest BCUT2D eigenvalue weighted by molar-refractivity contribution is 7.17. The zero-order chi connectivity index (χ0) is 16.4. The van der Waals surface area contributed by atoms with Crippen molar-refractivity contribution >= 4 is 27.5 Å². The molecule has 1 amide bonds. The Balaban J connectivity index is 1.70. The smallest absolute Gasteiger partial charge is 0.268 e. The van der Waals surface area contributed by atoms with Crippen LogP contribution in [-0.2, 0) is 17.9 Å². The maximum atomic E-state index is 12.4. The zero-order valence-corrected chi connectivity index (χ0v) is 13.6. The van der Waals surface area contributed by atoms with E-state index >= 15 is 0 Å². The number of hydrogen-bond acceptors (Lipinski definition) is 6. The predicted octanol–water partition coefficient (Wildman–Crippen LogP) is 0.871. The van der Waals surface area contributed by atoms with E-state index in [0.717, 1.165) is 0 Å². The second kappa shape index (κ2) is 6.29. The molecule has 3 aromatic rings. The van der Waals surface area contributed by atoms with Crippen molar-refractivity contribution in [2.24, 2.45) is 5.92 Å². The molecule has 8 nitrogen and oxygen atoms in total. The molecule has 0 saturated carbocycles. The van der Waals surface area contributed by atoms with Crippen LogP contribution in [-0.4, -0.2) is 42.6 Å². The molecule has 120 valence electrons. The van der Waals surface area contributed by atoms with Gasteiger partial charge in [0.15, 0.2) is 0 Å². The van der Waals surface area contributed by atoms with Gasteiger partial charge in [-0.3, -0.25) is 14.3 Å². The number of nitrogens with zero attached hydrogens (tertiary/aromatic N) is 5. The molecule has 0 aliphatic carbocycles. The van der Waals surface area contributed by atoms with Gasteiger partial charge in [0.25, 0.3) is 5.56 Å². The van der Waals surface area contributed by atoms with Gasteiger partial charge in [-0.2, -0.15) is 5.10 Å². The van der Waals surface area contributed by atoms with Crippen LogP contribution in [0.5, 0.6) is 0 Å². The Hall–Kier alpha value is -2.55. The van der Waals surface area contributed by atoms with Crippen molar-refractivity contribution in [2.75, 3.05) is 7.05 Å². The summed E-state index contributed by atoms with van der Waals surface area (Å²) in [5.74, 6) is 0.177. The van der Waals surface area contributed by atoms with Crippen molar-refractivity contribution in [3.8, 4) is 0 Å². The van der Waals surface area contributed by atoms with Gasteiger partial charge in [0.1, 0.15) is 23.2 Å². The van der Waals surface area contributed by atoms with Gasteiger partial charge in [0.2, 0.25) is 5.91 Å². The van der Waals surface area contributed by atoms with E-state index in [2.05, 4.69) is 20.1 Å². The summed E-state index contributed by atoms with van der Waals surface area (Å²) in [7, 11) is 1.69. The number of rotatable bonds is 5. The summed E-state index contributed by atoms with van der Waals surface area (Å²) in [6, 6.07) is 1.80. The number of hydrogen-bond donors (Lipinski definition) is 1. The SMILES string of the molecule is CC(Cn1cncn1)C(=O)N(C)Cc1nc2ccsc2c(=O)[nH]1. The number of amides is 1. The fraction of sp³-hybridized carbons (Fsp3) is 0.357. The molecule has 0 radical (unpaired) electrons. The van der Waals surface area contributed by atoms with Gasteiger partial charge in [0.05, 0.1) is 24.5 Å². The van der Waals surface area contributed by atoms with Gasteiger partial charge in [-0.25, -0.2) is 9.97 Å². The third kappa shape index (κ3) is 3.29. The second-order valence-corrected chi connectivity index (χ2v) is 6.28. The van der Waals surface area contributed by atoms with Gasteiger partial charge < -0.3 is 9.88 Å². The first-order chi connectivity index (χ1) is 11.0. The summed E-state index contributed by atoms with van der Waals surface area (Å²) in [6.07, 6.45) is 3.01. The molecule has 0 spiro atoms. The Morgan fingerprint density at radius 2 is 2.35 bits per heavy atom. The molecular formula is C14H16N6O2S. The van der Waals surface area contributed by atoms with Crippen molar-refractivity contribution in [1.29, 1.82) is 0 Å². The average molecular weight is 332 g/mol. The van der Waals surface area contributed by atoms with Gasteiger partial charge >= 0.3 is 0 Å². The molecule has 0 bridgehead atoms. The van der Waals surface area contributed by atoms with E-state index in [1.807, 2.05) is 12.3 Å². The molecule has 0 aliphatic heterocycles. The van der Waals surface area contributed by atoms with Crippen LogP contribution in [0.4, 0.5) is 0 Å². The second-order valence-electron chi connectivity index (χ2n) is 5.36. The molecule has 3 aromatic heterocycles. The standard InChI is InChI=1S/C14H16N6O2S/c1-9(5-20-8-15-7-16-20)14(22)19(2)6-11-17-10-3-4-23-12(10)13(21)18-11/h3-4,7-9H,5-6H2,1-2H3,(H,17,18,21). The van der Waals surface area contributed by atoms with Crippen molar-refractivity contribution in [2.45, 2.75) is 20.0 Å². The van der Waals surface area contributed by atoms with Crippen LogP contribution < -0.4 is 5.56 Å². The first-order valence-electron chi connectivity index (χ1n) is 7.08. The summed E-state index contributed by atoms with van der Waals surface area (Å²) in [4.78, 5) is 36.9. The lowest BCUT2D eigenvalue weighted by atomic mass is 10.1. The van der Waals surface area contributed by atoms with Crippen LogP contribution in [0.1, 0.15) is 12.7 Å². The maximum Gasteiger partial charge on any atom is 0.268 e. The van der Waals surface area contributed by atoms with E-state index in [4.69, 9.17) is 0 Å². The summed E-state index contributed by atoms with van der Waals surface area (Å²) in [5.41, 5.74) is 0.488. The van der Waals surface area contributed by atoms with Crippen LogP contribution in [0.3, 0.4) is 0 Å². The Morgan fingerprint density at radius 3 is 3.09 bits per heavy atom. The molecule has 23 heavy (non-hydrogen) atoms. The first-order valence-corrected chi connectivity index (χ1v) is 7.96. The molecule has 0 saturated heterocycles. The molecule has 1 atom stereocenters. The molecule has 0 fully saturated rings. The topological polar surface area (TPSA) is 96.8 Å². The van der Waals surface area contributed by atoms with E-state index in [0.29, 0.717) is 22.6 Å². The van der Waals surface area contributed by atoms with Crippen LogP contribution in [0.15, 0.2) is 28.9 Å². The monoisotopic (exact) mass is 332 g/mol. The molecular weight excluding hydrogens is 316 g/mol. The van der Waals surface area contributed by atoms with Gasteiger partial charge in [-0.1, -0.05) is 6.92 Å². The number of thiophene rings is 1. The minimum absolute atomic E-state index is 0.0476. The summed E-state index contributed by atoms with van der Waals surface area (Å²) < 4.78 is 2.22. The highest BCUT2D eigenvalue weighted by Crippen LogP contribution is 2.14. The maximum absolute atomic E-state index is 12.4. The molecule has 9 heteroatoms. The van der Waals surface area contributed by atoms with Crippen LogP contribution in [0.2, 0.25) is 0 Å². The van der Waals surface area contributed by atoms with Crippen molar-refractivity contribution in [1.82, 2.24) is 29.6 Å². The Kier molecular flexibility index (Phi) is 4.20. The fourth-order valence-corrected chi connectivity index (χ4v) is 3.09. The highest BCUT2D eigenvalue weighted by Gasteiger charge is 2.19. The first kappa shape index (κ1) is 15.3. The van der Waals surface area contributed by atoms with Crippen LogP contribution in [0.25, 0.3) is 10.2 Å². The fourth-order valence-electron chi connectivity index (χ4n) is 2.36. The molecule has 0 aliphatic rings. The van der Waals surface area contributed by atoms with Gasteiger partial charge in [-0.05, 0) is 11.4 Å². The van der Waals surface area contributed by atoms with E-state index in [9.17, 15) is 9.59 Å². The van der Waals surface area contributed by atoms with Crippen LogP contribution >= 0.6 is 11.3 Å². The normalized spacial score (nSPS) is 12.4. The molecule has 3 rings (SSSR count). The van der Waals surface area contributed by atoms with Gasteiger partial charge in [0, 0.05) is 7.05 Å². The number of nitrogens with one attached hydrogen (secondary N) is 1. The molecule has 0 aromatic carbocycles. The highest BCUT2D eigenvalue weighted by atomic mass is 32.1. The van der Waals surface area contributed by atoms with Crippen molar-refractivity contribution in [3.63, 3.8) is 0 Å². The third-order valence-electron chi connectivity index (χ3n) is 3.48. The van der Waals surface area contributed by atoms with Crippen molar-refractivity contribution < 1.29 is 4.79 Å². The number of carbonyl (C=O) groups excluding carboxylic acids is 1. The summed E-state index contributed by atoms with van der Waals surface area (Å²) in [6.45, 7) is 2.54. The lowest BCUT2D eigenvalue weighted by molar-refractivity contribution is -0.134. The lowest BCUT2D eigenvalue weighted by Gasteiger charge is -2.20. The largest absolute Gasteiger partial charge is 0.338 e.